The van der Waals surface area contributed by atoms with E-state index in [0.29, 0.717) is 21.8 Å². The number of anilines is 1. The number of hydrogen-bond donors (Lipinski definition) is 2. The largest absolute Gasteiger partial charge is 0.331 e. The third kappa shape index (κ3) is 3.46. The highest BCUT2D eigenvalue weighted by atomic mass is 32.1. The molecule has 1 heterocycles. The van der Waals surface area contributed by atoms with Gasteiger partial charge in [0.15, 0.2) is 5.11 Å². The van der Waals surface area contributed by atoms with E-state index in [2.05, 4.69) is 47.8 Å². The van der Waals surface area contributed by atoms with Gasteiger partial charge in [0, 0.05) is 5.69 Å². The second kappa shape index (κ2) is 7.66. The van der Waals surface area contributed by atoms with Gasteiger partial charge in [-0.2, -0.15) is 0 Å². The Morgan fingerprint density at radius 1 is 1.08 bits per heavy atom. The number of nitrogens with zero attached hydrogens (tertiary/aromatic N) is 2. The van der Waals surface area contributed by atoms with Gasteiger partial charge >= 0.3 is 0 Å². The Morgan fingerprint density at radius 2 is 1.73 bits per heavy atom. The molecule has 0 bridgehead atoms. The summed E-state index contributed by atoms with van der Waals surface area (Å²) in [5.74, 6) is 0.553. The van der Waals surface area contributed by atoms with Crippen LogP contribution in [0.1, 0.15) is 30.8 Å². The predicted octanol–water partition coefficient (Wildman–Crippen LogP) is 3.77. The summed E-state index contributed by atoms with van der Waals surface area (Å²) >= 11 is 5.47. The Labute approximate surface area is 158 Å². The molecule has 3 aromatic rings. The fraction of sp³-hybridized carbons (Fsp3) is 0.250. The molecular weight excluding hydrogens is 344 g/mol. The van der Waals surface area contributed by atoms with Crippen LogP contribution in [-0.4, -0.2) is 14.8 Å². The molecule has 1 aromatic heterocycles. The molecule has 0 unspecified atom stereocenters. The number of hydrogen-bond acceptors (Lipinski definition) is 3. The first kappa shape index (κ1) is 18.1. The van der Waals surface area contributed by atoms with Crippen LogP contribution in [-0.2, 0) is 12.8 Å². The van der Waals surface area contributed by atoms with Crippen LogP contribution in [0.15, 0.2) is 47.3 Å². The van der Waals surface area contributed by atoms with Gasteiger partial charge in [0.25, 0.3) is 5.56 Å². The molecule has 0 saturated heterocycles. The maximum Gasteiger partial charge on any atom is 0.280 e. The van der Waals surface area contributed by atoms with E-state index in [0.717, 1.165) is 18.5 Å². The van der Waals surface area contributed by atoms with E-state index in [1.165, 1.54) is 15.8 Å². The molecule has 0 aliphatic carbocycles. The Balaban J connectivity index is 1.93. The molecule has 0 amide bonds. The smallest absolute Gasteiger partial charge is 0.280 e. The minimum Gasteiger partial charge on any atom is -0.331 e. The lowest BCUT2D eigenvalue weighted by atomic mass is 10.0. The topological polar surface area (TPSA) is 58.9 Å². The van der Waals surface area contributed by atoms with Gasteiger partial charge in [-0.15, -0.1) is 0 Å². The molecule has 0 atom stereocenters. The Bertz CT molecular complexity index is 1000. The van der Waals surface area contributed by atoms with Gasteiger partial charge in [-0.1, -0.05) is 44.2 Å². The standard InChI is InChI=1S/C20H22N4OS/c1-4-14-9-8-10-15(5-2)18(14)22-20(26)23-24-13(3)21-17-12-7-6-11-16(17)19(24)25/h6-12H,4-5H2,1-3H3,(H2,22,23,26). The number of aromatic nitrogens is 2. The van der Waals surface area contributed by atoms with Crippen LogP contribution in [0.25, 0.3) is 10.9 Å². The van der Waals surface area contributed by atoms with Gasteiger partial charge in [-0.05, 0) is 55.2 Å². The maximum absolute atomic E-state index is 12.8. The second-order valence-electron chi connectivity index (χ2n) is 6.04. The molecule has 0 aliphatic rings. The Morgan fingerprint density at radius 3 is 2.38 bits per heavy atom. The van der Waals surface area contributed by atoms with Crippen LogP contribution < -0.4 is 16.3 Å². The SMILES string of the molecule is CCc1cccc(CC)c1NC(=S)Nn1c(C)nc2ccccc2c1=O. The molecule has 2 aromatic carbocycles. The summed E-state index contributed by atoms with van der Waals surface area (Å²) in [6.07, 6.45) is 1.80. The fourth-order valence-electron chi connectivity index (χ4n) is 3.02. The summed E-state index contributed by atoms with van der Waals surface area (Å²) in [5, 5.41) is 4.18. The summed E-state index contributed by atoms with van der Waals surface area (Å²) in [5.41, 5.74) is 6.88. The van der Waals surface area contributed by atoms with Crippen LogP contribution >= 0.6 is 12.2 Å². The highest BCUT2D eigenvalue weighted by Crippen LogP contribution is 2.22. The molecule has 0 aliphatic heterocycles. The van der Waals surface area contributed by atoms with Crippen LogP contribution in [0, 0.1) is 6.92 Å². The number of nitrogens with one attached hydrogen (secondary N) is 2. The van der Waals surface area contributed by atoms with Crippen molar-refractivity contribution in [2.24, 2.45) is 0 Å². The number of thiocarbonyl (C=S) groups is 1. The van der Waals surface area contributed by atoms with Crippen LogP contribution in [0.3, 0.4) is 0 Å². The molecule has 5 nitrogen and oxygen atoms in total. The van der Waals surface area contributed by atoms with Crippen molar-refractivity contribution in [2.45, 2.75) is 33.6 Å². The molecule has 0 radical (unpaired) electrons. The van der Waals surface area contributed by atoms with E-state index in [9.17, 15) is 4.79 Å². The zero-order valence-corrected chi connectivity index (χ0v) is 16.0. The Kier molecular flexibility index (Phi) is 5.32. The van der Waals surface area contributed by atoms with Crippen molar-refractivity contribution in [3.05, 3.63) is 69.8 Å². The van der Waals surface area contributed by atoms with Gasteiger partial charge in [0.05, 0.1) is 10.9 Å². The first-order chi connectivity index (χ1) is 12.5. The van der Waals surface area contributed by atoms with Gasteiger partial charge in [0.2, 0.25) is 0 Å². The third-order valence-corrected chi connectivity index (χ3v) is 4.59. The Hall–Kier alpha value is -2.73. The molecule has 6 heteroatoms. The molecule has 3 rings (SSSR count). The van der Waals surface area contributed by atoms with E-state index in [1.807, 2.05) is 18.2 Å². The summed E-state index contributed by atoms with van der Waals surface area (Å²) in [6, 6.07) is 13.5. The van der Waals surface area contributed by atoms with Gasteiger partial charge in [-0.3, -0.25) is 10.2 Å². The summed E-state index contributed by atoms with van der Waals surface area (Å²) in [6.45, 7) is 6.00. The number of aryl methyl sites for hydroxylation is 3. The first-order valence-electron chi connectivity index (χ1n) is 8.72. The molecule has 26 heavy (non-hydrogen) atoms. The van der Waals surface area contributed by atoms with E-state index in [4.69, 9.17) is 12.2 Å². The highest BCUT2D eigenvalue weighted by molar-refractivity contribution is 7.80. The number of para-hydroxylation sites is 2. The first-order valence-corrected chi connectivity index (χ1v) is 9.13. The minimum atomic E-state index is -0.170. The van der Waals surface area contributed by atoms with E-state index in [1.54, 1.807) is 13.0 Å². The molecule has 134 valence electrons. The monoisotopic (exact) mass is 366 g/mol. The van der Waals surface area contributed by atoms with Crippen molar-refractivity contribution in [3.8, 4) is 0 Å². The molecule has 2 N–H and O–H groups in total. The predicted molar refractivity (Wildman–Crippen MR) is 112 cm³/mol. The van der Waals surface area contributed by atoms with E-state index >= 15 is 0 Å². The molecule has 0 fully saturated rings. The minimum absolute atomic E-state index is 0.170. The summed E-state index contributed by atoms with van der Waals surface area (Å²) in [4.78, 5) is 17.2. The average molecular weight is 366 g/mol. The van der Waals surface area contributed by atoms with Gasteiger partial charge in [0.1, 0.15) is 5.82 Å². The lowest BCUT2D eigenvalue weighted by Crippen LogP contribution is -2.37. The van der Waals surface area contributed by atoms with Crippen molar-refractivity contribution < 1.29 is 0 Å². The lowest BCUT2D eigenvalue weighted by Gasteiger charge is -2.18. The second-order valence-corrected chi connectivity index (χ2v) is 6.45. The quantitative estimate of drug-likeness (QED) is 0.689. The normalized spacial score (nSPS) is 10.7. The van der Waals surface area contributed by atoms with Crippen molar-refractivity contribution in [3.63, 3.8) is 0 Å². The van der Waals surface area contributed by atoms with Crippen molar-refractivity contribution >= 4 is 33.9 Å². The number of rotatable bonds is 4. The van der Waals surface area contributed by atoms with Crippen LogP contribution in [0.2, 0.25) is 0 Å². The number of benzene rings is 2. The van der Waals surface area contributed by atoms with Crippen LogP contribution in [0.4, 0.5) is 5.69 Å². The fourth-order valence-corrected chi connectivity index (χ4v) is 3.21. The van der Waals surface area contributed by atoms with Crippen molar-refractivity contribution in [2.75, 3.05) is 10.7 Å². The number of fused-ring (bicyclic) bond motifs is 1. The third-order valence-electron chi connectivity index (χ3n) is 4.39. The molecular formula is C20H22N4OS. The molecule has 0 saturated carbocycles. The summed E-state index contributed by atoms with van der Waals surface area (Å²) in [7, 11) is 0. The van der Waals surface area contributed by atoms with Gasteiger partial charge in [-0.25, -0.2) is 9.66 Å². The lowest BCUT2D eigenvalue weighted by molar-refractivity contribution is 0.838. The molecule has 0 spiro atoms. The van der Waals surface area contributed by atoms with Crippen molar-refractivity contribution in [1.82, 2.24) is 9.66 Å². The van der Waals surface area contributed by atoms with Crippen molar-refractivity contribution in [1.29, 1.82) is 0 Å². The van der Waals surface area contributed by atoms with Crippen LogP contribution in [0.5, 0.6) is 0 Å². The highest BCUT2D eigenvalue weighted by Gasteiger charge is 2.11. The maximum atomic E-state index is 12.8. The average Bonchev–Trinajstić information content (AvgIpc) is 2.65. The zero-order chi connectivity index (χ0) is 18.7. The zero-order valence-electron chi connectivity index (χ0n) is 15.2. The summed E-state index contributed by atoms with van der Waals surface area (Å²) < 4.78 is 1.39. The van der Waals surface area contributed by atoms with E-state index < -0.39 is 0 Å². The van der Waals surface area contributed by atoms with E-state index in [-0.39, 0.29) is 5.56 Å². The van der Waals surface area contributed by atoms with Gasteiger partial charge < -0.3 is 5.32 Å².